The van der Waals surface area contributed by atoms with Crippen molar-refractivity contribution in [1.29, 1.82) is 0 Å². The van der Waals surface area contributed by atoms with Crippen LogP contribution in [0, 0.1) is 0 Å². The van der Waals surface area contributed by atoms with Crippen LogP contribution in [0.2, 0.25) is 0 Å². The zero-order valence-electron chi connectivity index (χ0n) is 10.3. The van der Waals surface area contributed by atoms with Crippen molar-refractivity contribution < 1.29 is 14.7 Å². The first kappa shape index (κ1) is 13.5. The Bertz CT molecular complexity index is 514. The Labute approximate surface area is 114 Å². The summed E-state index contributed by atoms with van der Waals surface area (Å²) in [5, 5.41) is 14.7. The number of nitrogens with zero attached hydrogens (tertiary/aromatic N) is 2. The highest BCUT2D eigenvalue weighted by Gasteiger charge is 2.20. The highest BCUT2D eigenvalue weighted by Crippen LogP contribution is 2.24. The number of nitrogen functional groups attached to an aromatic ring is 1. The first-order chi connectivity index (χ1) is 9.06. The number of nitrogens with two attached hydrogens (primary N) is 1. The molecule has 3 N–H and O–H groups in total. The number of thiazole rings is 1. The first-order valence-corrected chi connectivity index (χ1v) is 6.79. The van der Waals surface area contributed by atoms with Gasteiger partial charge in [0.25, 0.3) is 0 Å². The molecule has 1 fully saturated rings. The third-order valence-corrected chi connectivity index (χ3v) is 3.57. The predicted molar refractivity (Wildman–Crippen MR) is 73.2 cm³/mol. The molecule has 6 nitrogen and oxygen atoms in total. The number of aromatic nitrogens is 1. The normalized spacial score (nSPS) is 17.5. The van der Waals surface area contributed by atoms with Gasteiger partial charge in [0.1, 0.15) is 11.8 Å². The van der Waals surface area contributed by atoms with Crippen molar-refractivity contribution in [3.8, 4) is 0 Å². The molecule has 7 heteroatoms. The second-order valence-electron chi connectivity index (χ2n) is 4.37. The fraction of sp³-hybridized carbons (Fsp3) is 0.417. The quantitative estimate of drug-likeness (QED) is 0.500. The molecular formula is C12H15N3O3S. The van der Waals surface area contributed by atoms with Crippen LogP contribution in [0.15, 0.2) is 22.7 Å². The molecule has 1 aromatic heterocycles. The van der Waals surface area contributed by atoms with E-state index in [4.69, 9.17) is 15.7 Å². The van der Waals surface area contributed by atoms with Crippen LogP contribution in [0.1, 0.15) is 31.4 Å². The second-order valence-corrected chi connectivity index (χ2v) is 5.26. The molecule has 0 aromatic carbocycles. The Morgan fingerprint density at radius 2 is 2.26 bits per heavy atom. The largest absolute Gasteiger partial charge is 0.476 e. The molecular weight excluding hydrogens is 266 g/mol. The lowest BCUT2D eigenvalue weighted by atomic mass is 9.94. The van der Waals surface area contributed by atoms with Gasteiger partial charge in [0, 0.05) is 5.38 Å². The maximum absolute atomic E-state index is 11.1. The summed E-state index contributed by atoms with van der Waals surface area (Å²) >= 11 is 1.17. The van der Waals surface area contributed by atoms with E-state index < -0.39 is 5.97 Å². The van der Waals surface area contributed by atoms with Crippen LogP contribution in [0.4, 0.5) is 5.13 Å². The van der Waals surface area contributed by atoms with Crippen molar-refractivity contribution in [2.45, 2.75) is 31.8 Å². The predicted octanol–water partition coefficient (Wildman–Crippen LogP) is 2.03. The van der Waals surface area contributed by atoms with Gasteiger partial charge >= 0.3 is 5.97 Å². The zero-order valence-corrected chi connectivity index (χ0v) is 11.2. The topological polar surface area (TPSA) is 97.8 Å². The molecule has 0 bridgehead atoms. The molecule has 0 saturated heterocycles. The molecule has 1 aliphatic rings. The summed E-state index contributed by atoms with van der Waals surface area (Å²) in [6.45, 7) is 3.91. The van der Waals surface area contributed by atoms with E-state index in [1.807, 2.05) is 0 Å². The molecule has 102 valence electrons. The number of anilines is 1. The fourth-order valence-corrected chi connectivity index (χ4v) is 2.37. The van der Waals surface area contributed by atoms with Gasteiger partial charge < -0.3 is 15.7 Å². The van der Waals surface area contributed by atoms with Crippen LogP contribution in [0.25, 0.3) is 0 Å². The average Bonchev–Trinajstić information content (AvgIpc) is 2.78. The van der Waals surface area contributed by atoms with E-state index in [0.717, 1.165) is 25.7 Å². The van der Waals surface area contributed by atoms with Gasteiger partial charge in [-0.05, 0) is 25.7 Å². The Morgan fingerprint density at radius 1 is 1.58 bits per heavy atom. The number of carboxylic acid groups (broad SMARTS) is 1. The Hall–Kier alpha value is -1.89. The smallest absolute Gasteiger partial charge is 0.360 e. The van der Waals surface area contributed by atoms with E-state index in [2.05, 4.69) is 16.7 Å². The summed E-state index contributed by atoms with van der Waals surface area (Å²) < 4.78 is 0. The lowest BCUT2D eigenvalue weighted by Gasteiger charge is -2.21. The number of hydrogen-bond donors (Lipinski definition) is 2. The Morgan fingerprint density at radius 3 is 2.79 bits per heavy atom. The molecule has 1 aromatic rings. The number of rotatable bonds is 4. The van der Waals surface area contributed by atoms with Crippen LogP contribution >= 0.6 is 11.3 Å². The third kappa shape index (κ3) is 3.54. The summed E-state index contributed by atoms with van der Waals surface area (Å²) in [7, 11) is 0. The SMILES string of the molecule is C=C1CCC(O/N=C(\C(=O)O)c2csc(N)n2)CC1. The minimum atomic E-state index is -1.18. The molecule has 0 spiro atoms. The maximum atomic E-state index is 11.1. The first-order valence-electron chi connectivity index (χ1n) is 5.91. The van der Waals surface area contributed by atoms with Crippen molar-refractivity contribution >= 4 is 28.1 Å². The zero-order chi connectivity index (χ0) is 13.8. The van der Waals surface area contributed by atoms with Crippen molar-refractivity contribution in [1.82, 2.24) is 4.98 Å². The lowest BCUT2D eigenvalue weighted by Crippen LogP contribution is -2.20. The minimum Gasteiger partial charge on any atom is -0.476 e. The van der Waals surface area contributed by atoms with Crippen LogP contribution in [0.3, 0.4) is 0 Å². The number of aliphatic carboxylic acids is 1. The van der Waals surface area contributed by atoms with Crippen molar-refractivity contribution in [3.05, 3.63) is 23.2 Å². The van der Waals surface area contributed by atoms with Gasteiger partial charge in [-0.25, -0.2) is 9.78 Å². The monoisotopic (exact) mass is 281 g/mol. The lowest BCUT2D eigenvalue weighted by molar-refractivity contribution is -0.129. The molecule has 19 heavy (non-hydrogen) atoms. The van der Waals surface area contributed by atoms with Crippen LogP contribution in [-0.2, 0) is 9.63 Å². The van der Waals surface area contributed by atoms with Crippen LogP contribution in [0.5, 0.6) is 0 Å². The molecule has 1 aliphatic carbocycles. The van der Waals surface area contributed by atoms with E-state index in [-0.39, 0.29) is 17.5 Å². The van der Waals surface area contributed by atoms with Crippen LogP contribution in [-0.4, -0.2) is 27.9 Å². The van der Waals surface area contributed by atoms with Gasteiger partial charge in [-0.2, -0.15) is 0 Å². The summed E-state index contributed by atoms with van der Waals surface area (Å²) in [6, 6.07) is 0. The van der Waals surface area contributed by atoms with Crippen molar-refractivity contribution in [2.24, 2.45) is 5.16 Å². The van der Waals surface area contributed by atoms with Crippen LogP contribution < -0.4 is 5.73 Å². The highest BCUT2D eigenvalue weighted by molar-refractivity contribution is 7.13. The van der Waals surface area contributed by atoms with Gasteiger partial charge in [0.05, 0.1) is 0 Å². The maximum Gasteiger partial charge on any atom is 0.360 e. The number of oxime groups is 1. The van der Waals surface area contributed by atoms with E-state index in [1.165, 1.54) is 16.9 Å². The van der Waals surface area contributed by atoms with Gasteiger partial charge in [0.2, 0.25) is 5.71 Å². The molecule has 0 atom stereocenters. The van der Waals surface area contributed by atoms with Gasteiger partial charge in [-0.1, -0.05) is 17.3 Å². The molecule has 0 radical (unpaired) electrons. The molecule has 0 unspecified atom stereocenters. The molecule has 0 aliphatic heterocycles. The summed E-state index contributed by atoms with van der Waals surface area (Å²) in [6.07, 6.45) is 3.36. The van der Waals surface area contributed by atoms with Gasteiger partial charge in [0.15, 0.2) is 5.13 Å². The molecule has 1 heterocycles. The summed E-state index contributed by atoms with van der Waals surface area (Å²) in [5.41, 5.74) is 6.70. The molecule has 0 amide bonds. The number of carbonyl (C=O) groups is 1. The molecule has 2 rings (SSSR count). The summed E-state index contributed by atoms with van der Waals surface area (Å²) in [5.74, 6) is -1.18. The Balaban J connectivity index is 2.05. The number of allylic oxidation sites excluding steroid dienone is 1. The second kappa shape index (κ2) is 5.83. The van der Waals surface area contributed by atoms with E-state index in [9.17, 15) is 4.79 Å². The average molecular weight is 281 g/mol. The third-order valence-electron chi connectivity index (χ3n) is 2.90. The highest BCUT2D eigenvalue weighted by atomic mass is 32.1. The standard InChI is InChI=1S/C12H15N3O3S/c1-7-2-4-8(5-3-7)18-15-10(11(16)17)9-6-19-12(13)14-9/h6,8H,1-5H2,(H2,13,14)(H,16,17)/b15-10-. The Kier molecular flexibility index (Phi) is 4.16. The number of hydrogen-bond acceptors (Lipinski definition) is 6. The van der Waals surface area contributed by atoms with Gasteiger partial charge in [-0.15, -0.1) is 11.3 Å². The van der Waals surface area contributed by atoms with E-state index in [0.29, 0.717) is 5.13 Å². The van der Waals surface area contributed by atoms with E-state index >= 15 is 0 Å². The van der Waals surface area contributed by atoms with Crippen molar-refractivity contribution in [2.75, 3.05) is 5.73 Å². The molecule has 1 saturated carbocycles. The van der Waals surface area contributed by atoms with Crippen molar-refractivity contribution in [3.63, 3.8) is 0 Å². The van der Waals surface area contributed by atoms with Gasteiger partial charge in [-0.3, -0.25) is 0 Å². The fourth-order valence-electron chi connectivity index (χ4n) is 1.82. The minimum absolute atomic E-state index is 0.0594. The number of carboxylic acids is 1. The summed E-state index contributed by atoms with van der Waals surface area (Å²) in [4.78, 5) is 20.3. The van der Waals surface area contributed by atoms with E-state index in [1.54, 1.807) is 5.38 Å².